The minimum absolute atomic E-state index is 0.248. The predicted molar refractivity (Wildman–Crippen MR) is 78.9 cm³/mol. The van der Waals surface area contributed by atoms with Crippen molar-refractivity contribution >= 4 is 11.2 Å². The van der Waals surface area contributed by atoms with Crippen molar-refractivity contribution in [3.63, 3.8) is 0 Å². The summed E-state index contributed by atoms with van der Waals surface area (Å²) in [6.07, 6.45) is 4.61. The van der Waals surface area contributed by atoms with Gasteiger partial charge in [-0.2, -0.15) is 0 Å². The zero-order chi connectivity index (χ0) is 15.9. The monoisotopic (exact) mass is 307 g/mol. The predicted octanol–water partition coefficient (Wildman–Crippen LogP) is 0.719. The summed E-state index contributed by atoms with van der Waals surface area (Å²) < 4.78 is 15.6. The van der Waals surface area contributed by atoms with Gasteiger partial charge in [0.05, 0.1) is 31.6 Å². The van der Waals surface area contributed by atoms with E-state index in [9.17, 15) is 5.11 Å². The highest BCUT2D eigenvalue weighted by Crippen LogP contribution is 2.27. The molecule has 1 aliphatic heterocycles. The molecule has 2 aromatic heterocycles. The summed E-state index contributed by atoms with van der Waals surface area (Å²) in [6.45, 7) is 6.34. The summed E-state index contributed by atoms with van der Waals surface area (Å²) in [7, 11) is 1.94. The summed E-state index contributed by atoms with van der Waals surface area (Å²) >= 11 is 0. The number of aliphatic hydroxyl groups excluding tert-OH is 1. The number of aryl methyl sites for hydroxylation is 1. The lowest BCUT2D eigenvalue weighted by atomic mass is 10.1. The Morgan fingerprint density at radius 3 is 3.00 bits per heavy atom. The molecule has 2 aromatic rings. The number of hydrogen-bond acceptors (Lipinski definition) is 5. The maximum Gasteiger partial charge on any atom is 0.307 e. The second kappa shape index (κ2) is 5.57. The maximum atomic E-state index is 10.2. The molecule has 1 fully saturated rings. The van der Waals surface area contributed by atoms with Crippen molar-refractivity contribution in [2.24, 2.45) is 7.05 Å². The van der Waals surface area contributed by atoms with Crippen molar-refractivity contribution in [1.29, 1.82) is 0 Å². The maximum absolute atomic E-state index is 10.2. The van der Waals surface area contributed by atoms with Crippen molar-refractivity contribution in [2.75, 3.05) is 6.61 Å². The minimum atomic E-state index is -0.544. The van der Waals surface area contributed by atoms with Crippen LogP contribution in [0, 0.1) is 0 Å². The Labute approximate surface area is 129 Å². The van der Waals surface area contributed by atoms with Crippen LogP contribution in [0.25, 0.3) is 11.2 Å². The molecule has 120 valence electrons. The Morgan fingerprint density at radius 2 is 2.27 bits per heavy atom. The Kier molecular flexibility index (Phi) is 3.88. The molecule has 7 heteroatoms. The van der Waals surface area contributed by atoms with Gasteiger partial charge in [-0.15, -0.1) is 0 Å². The third-order valence-electron chi connectivity index (χ3n) is 3.79. The Balaban J connectivity index is 1.78. The smallest absolute Gasteiger partial charge is 0.307 e. The van der Waals surface area contributed by atoms with Crippen LogP contribution in [0.4, 0.5) is 0 Å². The van der Waals surface area contributed by atoms with E-state index in [-0.39, 0.29) is 17.9 Å². The number of ether oxygens (including phenoxy) is 2. The molecule has 7 nitrogen and oxygen atoms in total. The van der Waals surface area contributed by atoms with E-state index in [0.717, 1.165) is 11.2 Å². The second-order valence-corrected chi connectivity index (χ2v) is 6.72. The molecule has 0 saturated carbocycles. The summed E-state index contributed by atoms with van der Waals surface area (Å²) in [5, 5.41) is 10.2. The summed E-state index contributed by atoms with van der Waals surface area (Å²) in [5.41, 5.74) is 1.48. The number of rotatable bonds is 3. The van der Waals surface area contributed by atoms with E-state index in [2.05, 4.69) is 9.97 Å². The first-order valence-electron chi connectivity index (χ1n) is 7.49. The van der Waals surface area contributed by atoms with Gasteiger partial charge in [-0.3, -0.25) is 4.57 Å². The first kappa shape index (κ1) is 15.3. The van der Waals surface area contributed by atoms with E-state index in [1.165, 1.54) is 6.33 Å². The summed E-state index contributed by atoms with van der Waals surface area (Å²) in [4.78, 5) is 8.36. The highest BCUT2D eigenvalue weighted by Gasteiger charge is 2.39. The van der Waals surface area contributed by atoms with E-state index < -0.39 is 6.10 Å². The number of fused-ring (bicyclic) bond motifs is 1. The summed E-state index contributed by atoms with van der Waals surface area (Å²) in [5.74, 6) is 0. The van der Waals surface area contributed by atoms with Gasteiger partial charge in [0.25, 0.3) is 0 Å². The second-order valence-electron chi connectivity index (χ2n) is 6.72. The molecule has 1 saturated heterocycles. The summed E-state index contributed by atoms with van der Waals surface area (Å²) in [6, 6.07) is 0. The Bertz CT molecular complexity index is 664. The molecule has 0 aliphatic carbocycles. The van der Waals surface area contributed by atoms with Gasteiger partial charge in [0.2, 0.25) is 0 Å². The van der Waals surface area contributed by atoms with Crippen LogP contribution >= 0.6 is 0 Å². The van der Waals surface area contributed by atoms with Gasteiger partial charge in [0, 0.05) is 6.42 Å². The van der Waals surface area contributed by atoms with Crippen molar-refractivity contribution in [3.8, 4) is 0 Å². The van der Waals surface area contributed by atoms with Crippen molar-refractivity contribution in [2.45, 2.75) is 51.2 Å². The fraction of sp³-hybridized carbons (Fsp3) is 0.667. The van der Waals surface area contributed by atoms with Crippen LogP contribution in [-0.2, 0) is 16.5 Å². The lowest BCUT2D eigenvalue weighted by Gasteiger charge is -2.23. The van der Waals surface area contributed by atoms with E-state index in [4.69, 9.17) is 9.47 Å². The Morgan fingerprint density at radius 1 is 1.50 bits per heavy atom. The van der Waals surface area contributed by atoms with Crippen LogP contribution in [0.5, 0.6) is 0 Å². The van der Waals surface area contributed by atoms with E-state index >= 15 is 0 Å². The number of imidazole rings is 1. The van der Waals surface area contributed by atoms with Crippen LogP contribution in [-0.4, -0.2) is 44.1 Å². The molecule has 0 radical (unpaired) electrons. The molecule has 0 amide bonds. The van der Waals surface area contributed by atoms with Crippen LogP contribution in [0.3, 0.4) is 0 Å². The molecule has 1 aliphatic rings. The number of nitrogens with zero attached hydrogens (tertiary/aromatic N) is 4. The lowest BCUT2D eigenvalue weighted by molar-refractivity contribution is -0.739. The Hall–Kier alpha value is -1.57. The standard InChI is InChI=1S/C15H23N4O3/c1-15(2,3)21-7-12-11(20)5-13(22-12)19-9-18(4)10-6-16-8-17-14(10)19/h6,8-9,11-13,20H,5,7H2,1-4H3/q+1. The number of aromatic nitrogens is 4. The molecule has 3 atom stereocenters. The molecule has 3 rings (SSSR count). The molecule has 0 bridgehead atoms. The third-order valence-corrected chi connectivity index (χ3v) is 3.79. The van der Waals surface area contributed by atoms with Gasteiger partial charge in [-0.1, -0.05) is 4.98 Å². The molecular weight excluding hydrogens is 284 g/mol. The fourth-order valence-electron chi connectivity index (χ4n) is 2.65. The highest BCUT2D eigenvalue weighted by atomic mass is 16.6. The molecule has 1 N–H and O–H groups in total. The first-order chi connectivity index (χ1) is 10.3. The first-order valence-corrected chi connectivity index (χ1v) is 7.49. The van der Waals surface area contributed by atoms with Crippen molar-refractivity contribution in [1.82, 2.24) is 14.5 Å². The molecule has 3 unspecified atom stereocenters. The number of aliphatic hydroxyl groups is 1. The largest absolute Gasteiger partial charge is 0.390 e. The topological polar surface area (TPSA) is 73.3 Å². The van der Waals surface area contributed by atoms with Gasteiger partial charge >= 0.3 is 5.65 Å². The fourth-order valence-corrected chi connectivity index (χ4v) is 2.65. The van der Waals surface area contributed by atoms with Gasteiger partial charge in [0.15, 0.2) is 24.4 Å². The quantitative estimate of drug-likeness (QED) is 0.846. The SMILES string of the molecule is Cn1c[n+](C2CC(O)C(COC(C)(C)C)O2)c2ncncc21. The third kappa shape index (κ3) is 2.97. The van der Waals surface area contributed by atoms with E-state index in [0.29, 0.717) is 13.0 Å². The van der Waals surface area contributed by atoms with Crippen molar-refractivity contribution < 1.29 is 19.1 Å². The van der Waals surface area contributed by atoms with Crippen LogP contribution < -0.4 is 4.57 Å². The average molecular weight is 307 g/mol. The average Bonchev–Trinajstić information content (AvgIpc) is 2.97. The molecule has 0 aromatic carbocycles. The molecule has 0 spiro atoms. The molecular formula is C15H23N4O3+. The van der Waals surface area contributed by atoms with Crippen molar-refractivity contribution in [3.05, 3.63) is 18.9 Å². The zero-order valence-electron chi connectivity index (χ0n) is 13.4. The number of hydrogen-bond donors (Lipinski definition) is 1. The lowest BCUT2D eigenvalue weighted by Crippen LogP contribution is -2.39. The normalized spacial score (nSPS) is 26.0. The van der Waals surface area contributed by atoms with Gasteiger partial charge < -0.3 is 14.6 Å². The van der Waals surface area contributed by atoms with Gasteiger partial charge in [-0.05, 0) is 20.8 Å². The zero-order valence-corrected chi connectivity index (χ0v) is 13.4. The van der Waals surface area contributed by atoms with E-state index in [1.54, 1.807) is 6.20 Å². The molecule has 3 heterocycles. The molecule has 22 heavy (non-hydrogen) atoms. The highest BCUT2D eigenvalue weighted by molar-refractivity contribution is 5.65. The van der Waals surface area contributed by atoms with Crippen LogP contribution in [0.15, 0.2) is 18.9 Å². The van der Waals surface area contributed by atoms with E-state index in [1.807, 2.05) is 43.3 Å². The van der Waals surface area contributed by atoms with Crippen LogP contribution in [0.2, 0.25) is 0 Å². The van der Waals surface area contributed by atoms with Gasteiger partial charge in [0.1, 0.15) is 6.10 Å². The van der Waals surface area contributed by atoms with Gasteiger partial charge in [-0.25, -0.2) is 9.55 Å². The minimum Gasteiger partial charge on any atom is -0.390 e. The van der Waals surface area contributed by atoms with Crippen LogP contribution in [0.1, 0.15) is 33.4 Å².